The van der Waals surface area contributed by atoms with Gasteiger partial charge in [0.2, 0.25) is 15.9 Å². The van der Waals surface area contributed by atoms with Crippen molar-refractivity contribution in [2.24, 2.45) is 0 Å². The third-order valence-corrected chi connectivity index (χ3v) is 27.9. The Morgan fingerprint density at radius 1 is 0.397 bits per heavy atom. The summed E-state index contributed by atoms with van der Waals surface area (Å²) in [6.45, 7) is 17.0. The predicted octanol–water partition coefficient (Wildman–Crippen LogP) is 15.7. The van der Waals surface area contributed by atoms with Crippen molar-refractivity contribution in [2.75, 3.05) is 41.0 Å². The molecule has 0 aliphatic heterocycles. The first-order valence-corrected chi connectivity index (χ1v) is 50.0. The molecule has 0 fully saturated rings. The molecule has 4 atom stereocenters. The molecule has 0 aliphatic carbocycles. The molecule has 13 aromatic heterocycles. The van der Waals surface area contributed by atoms with Gasteiger partial charge in [0.1, 0.15) is 22.3 Å². The fourth-order valence-corrected chi connectivity index (χ4v) is 19.6. The predicted molar refractivity (Wildman–Crippen MR) is 567 cm³/mol. The summed E-state index contributed by atoms with van der Waals surface area (Å²) in [5.41, 5.74) is 12.2. The SMILES string of the molecule is CC(=O)N(C)Cc1cccc2cc([C@H](C)NC(=O)c3c(C)nn4cccnc34)n(-c3ccccc3)c(=O)c12.Cc1nn2cccnc2c1C(=O)N[C@@H](C)c1cc2cccc(-c3cccs3)c2c(=O)n1-c1ccccc1.Cc1nn2cccnc2c1C(=O)N[C@@H](C)c1cc2cccc(CN(C)C)c2c(=O)n1-c1ccccc1.Cc1nn2cccnc2c1C(=O)N[C@@H](C)c1cc2cccc(Cl)c2c(=O)n1CCN(C)S(C)(=O)=O. The summed E-state index contributed by atoms with van der Waals surface area (Å²) < 4.78 is 37.7. The molecule has 0 saturated heterocycles. The highest BCUT2D eigenvalue weighted by Crippen LogP contribution is 2.35. The molecule has 37 heteroatoms. The minimum absolute atomic E-state index is 0.0689. The number of fused-ring (bicyclic) bond motifs is 8. The summed E-state index contributed by atoms with van der Waals surface area (Å²) in [7, 11) is 3.68. The molecule has 740 valence electrons. The van der Waals surface area contributed by atoms with Gasteiger partial charge in [-0.05, 0) is 205 Å². The van der Waals surface area contributed by atoms with Crippen molar-refractivity contribution in [3.63, 3.8) is 0 Å². The standard InChI is InChI=1S/C29H28N6O3.C29H23N5O2S.C28H28N6O2.C23H25ClN6O4S/c1-18(31-28(37)25-19(2)32-34-15-9-14-30-27(25)34)24-16-21-10-8-11-22(17-33(4)20(3)36)26(21)29(38)35(24)23-12-6-5-7-13-23;1-18(31-28(35)25-19(2)32-33-15-8-14-30-27(25)33)23-17-20-9-6-12-22(24-13-7-16-37-24)26(20)29(36)34(23)21-10-4-3-5-11-21;1-18(30-27(35)24-19(2)31-33-15-9-14-29-26(24)33)23-16-20-10-8-11-21(17-32(3)4)25(20)28(36)34(23)22-12-6-5-7-13-22;1-14(26-22(31)19-15(2)27-30-10-6-9-25-21(19)30)18-13-16-7-5-8-17(24)20(16)23(32)29(18)12-11-28(3)35(4,33)34/h5-16,18H,17H2,1-4H3,(H,31,37);3-18H,1-2H3,(H,31,35);5-16,18H,17H2,1-4H3,(H,30,35);5-10,13-14H,11-12H2,1-4H3,(H,26,31)/t3*18-;14-/m0000/s1. The van der Waals surface area contributed by atoms with Crippen LogP contribution < -0.4 is 43.5 Å². The second-order valence-electron chi connectivity index (χ2n) is 35.7. The molecule has 0 unspecified atom stereocenters. The number of para-hydroxylation sites is 3. The van der Waals surface area contributed by atoms with Gasteiger partial charge in [0.05, 0.1) is 79.8 Å². The average molecular weight is 2010 g/mol. The van der Waals surface area contributed by atoms with Crippen LogP contribution in [0.1, 0.15) is 157 Å². The van der Waals surface area contributed by atoms with E-state index in [1.54, 1.807) is 183 Å². The van der Waals surface area contributed by atoms with Crippen LogP contribution in [0.5, 0.6) is 0 Å². The van der Waals surface area contributed by atoms with Gasteiger partial charge < -0.3 is 35.6 Å². The lowest BCUT2D eigenvalue weighted by atomic mass is 10.0. The maximum atomic E-state index is 14.1. The van der Waals surface area contributed by atoms with Crippen molar-refractivity contribution in [3.05, 3.63) is 405 Å². The molecule has 5 amide bonds. The second kappa shape index (κ2) is 42.7. The minimum Gasteiger partial charge on any atom is -0.344 e. The van der Waals surface area contributed by atoms with Crippen molar-refractivity contribution in [2.45, 2.75) is 106 Å². The highest BCUT2D eigenvalue weighted by Gasteiger charge is 2.31. The Hall–Kier alpha value is -16.9. The number of carbonyl (C=O) groups excluding carboxylic acids is 5. The van der Waals surface area contributed by atoms with Gasteiger partial charge in [-0.3, -0.25) is 56.9 Å². The normalized spacial score (nSPS) is 12.4. The zero-order valence-corrected chi connectivity index (χ0v) is 84.8. The molecule has 20 aromatic rings. The van der Waals surface area contributed by atoms with Crippen molar-refractivity contribution < 1.29 is 32.4 Å². The number of likely N-dealkylation sites (N-methyl/N-ethyl adjacent to an activating group) is 1. The smallest absolute Gasteiger partial charge is 0.263 e. The van der Waals surface area contributed by atoms with Crippen molar-refractivity contribution in [1.29, 1.82) is 0 Å². The molecule has 0 bridgehead atoms. The number of nitrogens with zero attached hydrogens (tertiary/aromatic N) is 19. The second-order valence-corrected chi connectivity index (χ2v) is 39.2. The number of aryl methyl sites for hydroxylation is 4. The topological polar surface area (TPSA) is 386 Å². The number of nitrogens with one attached hydrogen (secondary N) is 4. The molecule has 146 heavy (non-hydrogen) atoms. The number of hydrogen-bond donors (Lipinski definition) is 4. The van der Waals surface area contributed by atoms with E-state index in [1.807, 2.05) is 221 Å². The molecular weight excluding hydrogens is 1910 g/mol. The van der Waals surface area contributed by atoms with Gasteiger partial charge in [-0.1, -0.05) is 139 Å². The summed E-state index contributed by atoms with van der Waals surface area (Å²) in [5, 5.41) is 37.2. The first kappa shape index (κ1) is 101. The van der Waals surface area contributed by atoms with Crippen LogP contribution in [0.4, 0.5) is 0 Å². The first-order chi connectivity index (χ1) is 70.1. The summed E-state index contributed by atoms with van der Waals surface area (Å²) in [4.78, 5) is 143. The molecule has 0 radical (unpaired) electrons. The zero-order chi connectivity index (χ0) is 103. The molecule has 0 saturated carbocycles. The Morgan fingerprint density at radius 2 is 0.733 bits per heavy atom. The van der Waals surface area contributed by atoms with Crippen LogP contribution in [0.3, 0.4) is 0 Å². The van der Waals surface area contributed by atoms with E-state index < -0.39 is 34.2 Å². The molecule has 0 spiro atoms. The van der Waals surface area contributed by atoms with Crippen LogP contribution in [0.2, 0.25) is 5.02 Å². The van der Waals surface area contributed by atoms with Crippen molar-refractivity contribution >= 4 is 128 Å². The van der Waals surface area contributed by atoms with Crippen molar-refractivity contribution in [1.82, 2.24) is 112 Å². The van der Waals surface area contributed by atoms with Crippen LogP contribution in [0.15, 0.2) is 299 Å². The lowest BCUT2D eigenvalue weighted by Crippen LogP contribution is -2.36. The molecule has 7 aromatic carbocycles. The van der Waals surface area contributed by atoms with E-state index in [4.69, 9.17) is 11.6 Å². The number of amides is 5. The maximum Gasteiger partial charge on any atom is 0.263 e. The molecule has 4 N–H and O–H groups in total. The fraction of sp³-hybridized carbons (Fsp3) is 0.202. The van der Waals surface area contributed by atoms with Crippen molar-refractivity contribution in [3.8, 4) is 27.5 Å². The first-order valence-electron chi connectivity index (χ1n) is 46.9. The molecule has 20 rings (SSSR count). The van der Waals surface area contributed by atoms with Crippen LogP contribution >= 0.6 is 22.9 Å². The Labute approximate surface area is 846 Å². The Kier molecular flexibility index (Phi) is 29.4. The number of benzene rings is 7. The van der Waals surface area contributed by atoms with Crippen LogP contribution in [0.25, 0.3) is 93.2 Å². The molecule has 13 heterocycles. The lowest BCUT2D eigenvalue weighted by molar-refractivity contribution is -0.128. The summed E-state index contributed by atoms with van der Waals surface area (Å²) in [6, 6.07) is 67.6. The van der Waals surface area contributed by atoms with E-state index in [2.05, 4.69) is 61.6 Å². The van der Waals surface area contributed by atoms with Crippen LogP contribution in [-0.4, -0.2) is 170 Å². The summed E-state index contributed by atoms with van der Waals surface area (Å²) in [5.74, 6) is -1.38. The Morgan fingerprint density at radius 3 is 1.09 bits per heavy atom. The van der Waals surface area contributed by atoms with Gasteiger partial charge in [0.25, 0.3) is 45.9 Å². The maximum absolute atomic E-state index is 14.1. The van der Waals surface area contributed by atoms with Crippen LogP contribution in [0, 0.1) is 27.7 Å². The van der Waals surface area contributed by atoms with Gasteiger partial charge in [-0.2, -0.15) is 20.4 Å². The number of thiophene rings is 1. The zero-order valence-electron chi connectivity index (χ0n) is 82.4. The number of pyridine rings is 4. The number of hydrogen-bond acceptors (Lipinski definition) is 21. The van der Waals surface area contributed by atoms with Crippen LogP contribution in [-0.2, 0) is 34.5 Å². The highest BCUT2D eigenvalue weighted by molar-refractivity contribution is 7.88. The quantitative estimate of drug-likeness (QED) is 0.0436. The minimum atomic E-state index is -3.44. The lowest BCUT2D eigenvalue weighted by Gasteiger charge is -2.22. The monoisotopic (exact) mass is 2010 g/mol. The van der Waals surface area contributed by atoms with Gasteiger partial charge in [0.15, 0.2) is 22.6 Å². The van der Waals surface area contributed by atoms with Gasteiger partial charge in [0, 0.05) is 147 Å². The van der Waals surface area contributed by atoms with E-state index in [0.717, 1.165) is 59.7 Å². The van der Waals surface area contributed by atoms with E-state index >= 15 is 0 Å². The largest absolute Gasteiger partial charge is 0.344 e. The number of carbonyl (C=O) groups is 5. The van der Waals surface area contributed by atoms with Gasteiger partial charge in [-0.25, -0.2) is 50.7 Å². The number of aromatic nitrogens is 16. The molecule has 34 nitrogen and oxygen atoms in total. The number of rotatable bonds is 24. The Balaban J connectivity index is 0.000000133. The number of sulfonamides is 1. The third kappa shape index (κ3) is 20.6. The molecule has 0 aliphatic rings. The van der Waals surface area contributed by atoms with E-state index in [0.29, 0.717) is 141 Å². The average Bonchev–Trinajstić information content (AvgIpc) is 1.18. The summed E-state index contributed by atoms with van der Waals surface area (Å²) in [6.07, 6.45) is 14.5. The van der Waals surface area contributed by atoms with E-state index in [-0.39, 0.29) is 64.9 Å². The fourth-order valence-electron chi connectivity index (χ4n) is 18.2. The third-order valence-electron chi connectivity index (χ3n) is 25.3. The molecular formula is C109H104ClN23O11S2. The number of halogens is 1. The van der Waals surface area contributed by atoms with E-state index in [1.165, 1.54) is 23.1 Å². The van der Waals surface area contributed by atoms with E-state index in [9.17, 15) is 51.6 Å². The van der Waals surface area contributed by atoms with Gasteiger partial charge >= 0.3 is 0 Å². The Bertz CT molecular complexity index is 8850. The highest BCUT2D eigenvalue weighted by atomic mass is 35.5. The van der Waals surface area contributed by atoms with Gasteiger partial charge in [-0.15, -0.1) is 11.3 Å². The summed E-state index contributed by atoms with van der Waals surface area (Å²) >= 11 is 7.92.